The normalized spacial score (nSPS) is 11.4. The molecule has 0 radical (unpaired) electrons. The van der Waals surface area contributed by atoms with Gasteiger partial charge in [-0.1, -0.05) is 42.5 Å². The number of amides is 1. The van der Waals surface area contributed by atoms with Gasteiger partial charge in [-0.25, -0.2) is 4.39 Å². The molecule has 0 aliphatic heterocycles. The molecule has 3 nitrogen and oxygen atoms in total. The minimum Gasteiger partial charge on any atom is -0.353 e. The van der Waals surface area contributed by atoms with Gasteiger partial charge in [-0.15, -0.1) is 0 Å². The number of hydrogen-bond donors (Lipinski definition) is 1. The fourth-order valence-corrected chi connectivity index (χ4v) is 2.84. The lowest BCUT2D eigenvalue weighted by molar-refractivity contribution is -0.116. The Labute approximate surface area is 161 Å². The van der Waals surface area contributed by atoms with Crippen LogP contribution in [-0.2, 0) is 11.2 Å². The Bertz CT molecular complexity index is 711. The zero-order valence-electron chi connectivity index (χ0n) is 16.2. The van der Waals surface area contributed by atoms with Gasteiger partial charge in [-0.05, 0) is 56.0 Å². The van der Waals surface area contributed by atoms with Gasteiger partial charge in [0.15, 0.2) is 0 Å². The molecule has 0 saturated heterocycles. The molecule has 0 atom stereocenters. The Balaban J connectivity index is 1.68. The van der Waals surface area contributed by atoms with E-state index in [0.717, 1.165) is 31.5 Å². The second-order valence-corrected chi connectivity index (χ2v) is 6.89. The summed E-state index contributed by atoms with van der Waals surface area (Å²) in [6.45, 7) is 7.01. The number of carbonyl (C=O) groups is 1. The molecule has 1 amide bonds. The molecule has 1 N–H and O–H groups in total. The van der Waals surface area contributed by atoms with Crippen LogP contribution in [0.15, 0.2) is 60.7 Å². The SMILES string of the molecule is CC(C)N(CCCNC(=O)/C=C/c1ccc(F)cc1)CCc1ccccc1. The van der Waals surface area contributed by atoms with E-state index in [4.69, 9.17) is 0 Å². The summed E-state index contributed by atoms with van der Waals surface area (Å²) in [6.07, 6.45) is 5.12. The van der Waals surface area contributed by atoms with Crippen molar-refractivity contribution in [3.63, 3.8) is 0 Å². The summed E-state index contributed by atoms with van der Waals surface area (Å²) in [4.78, 5) is 14.3. The van der Waals surface area contributed by atoms with Gasteiger partial charge in [0, 0.05) is 31.8 Å². The molecular weight excluding hydrogens is 339 g/mol. The van der Waals surface area contributed by atoms with Crippen LogP contribution in [0.5, 0.6) is 0 Å². The maximum absolute atomic E-state index is 12.9. The minimum atomic E-state index is -0.279. The zero-order valence-corrected chi connectivity index (χ0v) is 16.2. The molecule has 0 spiro atoms. The van der Waals surface area contributed by atoms with Gasteiger partial charge in [-0.3, -0.25) is 4.79 Å². The zero-order chi connectivity index (χ0) is 19.5. The van der Waals surface area contributed by atoms with Crippen molar-refractivity contribution in [2.75, 3.05) is 19.6 Å². The van der Waals surface area contributed by atoms with E-state index < -0.39 is 0 Å². The molecule has 4 heteroatoms. The highest BCUT2D eigenvalue weighted by Crippen LogP contribution is 2.06. The first-order chi connectivity index (χ1) is 13.0. The first-order valence-electron chi connectivity index (χ1n) is 9.54. The molecule has 2 rings (SSSR count). The number of benzene rings is 2. The van der Waals surface area contributed by atoms with Gasteiger partial charge in [0.2, 0.25) is 5.91 Å². The van der Waals surface area contributed by atoms with E-state index in [-0.39, 0.29) is 11.7 Å². The fraction of sp³-hybridized carbons (Fsp3) is 0.348. The second-order valence-electron chi connectivity index (χ2n) is 6.89. The predicted octanol–water partition coefficient (Wildman–Crippen LogP) is 4.30. The van der Waals surface area contributed by atoms with Crippen LogP contribution >= 0.6 is 0 Å². The van der Waals surface area contributed by atoms with Crippen LogP contribution in [0.25, 0.3) is 6.08 Å². The summed E-state index contributed by atoms with van der Waals surface area (Å²) in [6, 6.07) is 17.0. The predicted molar refractivity (Wildman–Crippen MR) is 110 cm³/mol. The van der Waals surface area contributed by atoms with Crippen LogP contribution < -0.4 is 5.32 Å². The van der Waals surface area contributed by atoms with Crippen molar-refractivity contribution in [3.05, 3.63) is 77.6 Å². The van der Waals surface area contributed by atoms with Gasteiger partial charge >= 0.3 is 0 Å². The molecule has 0 bridgehead atoms. The topological polar surface area (TPSA) is 32.3 Å². The molecule has 27 heavy (non-hydrogen) atoms. The highest BCUT2D eigenvalue weighted by Gasteiger charge is 2.09. The Morgan fingerprint density at radius 1 is 1.07 bits per heavy atom. The van der Waals surface area contributed by atoms with Crippen LogP contribution in [0.1, 0.15) is 31.4 Å². The highest BCUT2D eigenvalue weighted by atomic mass is 19.1. The summed E-state index contributed by atoms with van der Waals surface area (Å²) in [5.41, 5.74) is 2.15. The van der Waals surface area contributed by atoms with Crippen molar-refractivity contribution in [3.8, 4) is 0 Å². The lowest BCUT2D eigenvalue weighted by Crippen LogP contribution is -2.35. The van der Waals surface area contributed by atoms with Crippen molar-refractivity contribution >= 4 is 12.0 Å². The average molecular weight is 368 g/mol. The third kappa shape index (κ3) is 8.18. The third-order valence-corrected chi connectivity index (χ3v) is 4.48. The summed E-state index contributed by atoms with van der Waals surface area (Å²) in [5.74, 6) is -0.404. The van der Waals surface area contributed by atoms with Gasteiger partial charge in [0.05, 0.1) is 0 Å². The first kappa shape index (κ1) is 20.8. The maximum atomic E-state index is 12.9. The van der Waals surface area contributed by atoms with Crippen molar-refractivity contribution < 1.29 is 9.18 Å². The van der Waals surface area contributed by atoms with E-state index >= 15 is 0 Å². The molecule has 0 fully saturated rings. The molecule has 0 aliphatic carbocycles. The summed E-state index contributed by atoms with van der Waals surface area (Å²) < 4.78 is 12.9. The van der Waals surface area contributed by atoms with Crippen LogP contribution in [0.4, 0.5) is 4.39 Å². The standard InChI is InChI=1S/C23H29FN2O/c1-19(2)26(18-15-20-7-4-3-5-8-20)17-6-16-25-23(27)14-11-21-9-12-22(24)13-10-21/h3-5,7-14,19H,6,15-18H2,1-2H3,(H,25,27)/b14-11+. The average Bonchev–Trinajstić information content (AvgIpc) is 2.67. The smallest absolute Gasteiger partial charge is 0.243 e. The molecule has 0 saturated carbocycles. The Kier molecular flexibility index (Phi) is 8.72. The number of nitrogens with one attached hydrogen (secondary N) is 1. The van der Waals surface area contributed by atoms with Gasteiger partial charge < -0.3 is 10.2 Å². The molecule has 0 aliphatic rings. The maximum Gasteiger partial charge on any atom is 0.243 e. The molecule has 2 aromatic rings. The summed E-state index contributed by atoms with van der Waals surface area (Å²) in [5, 5.41) is 2.91. The van der Waals surface area contributed by atoms with E-state index in [2.05, 4.69) is 48.3 Å². The molecule has 2 aromatic carbocycles. The number of halogens is 1. The number of carbonyl (C=O) groups excluding carboxylic acids is 1. The van der Waals surface area contributed by atoms with E-state index in [1.807, 2.05) is 6.07 Å². The Morgan fingerprint density at radius 3 is 2.44 bits per heavy atom. The summed E-state index contributed by atoms with van der Waals surface area (Å²) in [7, 11) is 0. The van der Waals surface area contributed by atoms with Gasteiger partial charge in [0.25, 0.3) is 0 Å². The van der Waals surface area contributed by atoms with Crippen LogP contribution in [-0.4, -0.2) is 36.5 Å². The minimum absolute atomic E-state index is 0.125. The molecular formula is C23H29FN2O. The molecule has 0 aromatic heterocycles. The van der Waals surface area contributed by atoms with E-state index in [1.165, 1.54) is 23.8 Å². The Hall–Kier alpha value is -2.46. The number of nitrogens with zero attached hydrogens (tertiary/aromatic N) is 1. The van der Waals surface area contributed by atoms with Crippen molar-refractivity contribution in [2.24, 2.45) is 0 Å². The van der Waals surface area contributed by atoms with E-state index in [1.54, 1.807) is 18.2 Å². The number of hydrogen-bond acceptors (Lipinski definition) is 2. The first-order valence-corrected chi connectivity index (χ1v) is 9.54. The van der Waals surface area contributed by atoms with Crippen LogP contribution in [0, 0.1) is 5.82 Å². The van der Waals surface area contributed by atoms with E-state index in [9.17, 15) is 9.18 Å². The monoisotopic (exact) mass is 368 g/mol. The lowest BCUT2D eigenvalue weighted by atomic mass is 10.1. The van der Waals surface area contributed by atoms with E-state index in [0.29, 0.717) is 12.6 Å². The van der Waals surface area contributed by atoms with Crippen LogP contribution in [0.2, 0.25) is 0 Å². The number of rotatable bonds is 10. The fourth-order valence-electron chi connectivity index (χ4n) is 2.84. The second kappa shape index (κ2) is 11.3. The van der Waals surface area contributed by atoms with Gasteiger partial charge in [-0.2, -0.15) is 0 Å². The van der Waals surface area contributed by atoms with Gasteiger partial charge in [0.1, 0.15) is 5.82 Å². The molecule has 0 heterocycles. The summed E-state index contributed by atoms with van der Waals surface area (Å²) >= 11 is 0. The van der Waals surface area contributed by atoms with Crippen LogP contribution in [0.3, 0.4) is 0 Å². The van der Waals surface area contributed by atoms with Crippen molar-refractivity contribution in [1.29, 1.82) is 0 Å². The van der Waals surface area contributed by atoms with Crippen molar-refractivity contribution in [2.45, 2.75) is 32.7 Å². The van der Waals surface area contributed by atoms with Crippen molar-refractivity contribution in [1.82, 2.24) is 10.2 Å². The molecule has 144 valence electrons. The highest BCUT2D eigenvalue weighted by molar-refractivity contribution is 5.91. The molecule has 0 unspecified atom stereocenters. The lowest BCUT2D eigenvalue weighted by Gasteiger charge is -2.26. The largest absolute Gasteiger partial charge is 0.353 e. The Morgan fingerprint density at radius 2 is 1.78 bits per heavy atom. The quantitative estimate of drug-likeness (QED) is 0.501. The third-order valence-electron chi connectivity index (χ3n) is 4.48.